The Kier molecular flexibility index (Phi) is 5.79. The second-order valence-corrected chi connectivity index (χ2v) is 9.78. The van der Waals surface area contributed by atoms with E-state index in [1.165, 1.54) is 24.4 Å². The van der Waals surface area contributed by atoms with Gasteiger partial charge in [0.1, 0.15) is 5.75 Å². The Hall–Kier alpha value is -3.17. The van der Waals surface area contributed by atoms with E-state index in [0.29, 0.717) is 27.8 Å². The maximum atomic E-state index is 13.5. The SMILES string of the molecule is Cc1cnc2c(C(F)(F)F)cccc2c1-c1cccc(Oc2cc(Cl)cc(S(C)(=O)=O)n2)c1. The quantitative estimate of drug-likeness (QED) is 0.326. The number of para-hydroxylation sites is 1. The number of halogens is 4. The second-order valence-electron chi connectivity index (χ2n) is 7.38. The predicted octanol–water partition coefficient (Wildman–Crippen LogP) is 6.47. The Balaban J connectivity index is 1.81. The Bertz CT molecular complexity index is 1490. The number of fused-ring (bicyclic) bond motifs is 1. The number of hydrogen-bond acceptors (Lipinski definition) is 5. The number of hydrogen-bond donors (Lipinski definition) is 0. The lowest BCUT2D eigenvalue weighted by Crippen LogP contribution is -2.07. The van der Waals surface area contributed by atoms with Gasteiger partial charge < -0.3 is 4.74 Å². The van der Waals surface area contributed by atoms with E-state index in [0.717, 1.165) is 12.3 Å². The van der Waals surface area contributed by atoms with Crippen molar-refractivity contribution in [3.8, 4) is 22.8 Å². The van der Waals surface area contributed by atoms with Crippen molar-refractivity contribution in [3.63, 3.8) is 0 Å². The number of sulfone groups is 1. The monoisotopic (exact) mass is 492 g/mol. The zero-order chi connectivity index (χ0) is 24.0. The highest BCUT2D eigenvalue weighted by Gasteiger charge is 2.33. The molecule has 4 rings (SSSR count). The van der Waals surface area contributed by atoms with Gasteiger partial charge in [-0.3, -0.25) is 4.98 Å². The molecule has 0 unspecified atom stereocenters. The van der Waals surface area contributed by atoms with E-state index < -0.39 is 21.6 Å². The smallest absolute Gasteiger partial charge is 0.418 e. The molecule has 2 aromatic carbocycles. The molecule has 5 nitrogen and oxygen atoms in total. The summed E-state index contributed by atoms with van der Waals surface area (Å²) in [5, 5.41) is 0.242. The van der Waals surface area contributed by atoms with Gasteiger partial charge in [-0.05, 0) is 47.9 Å². The number of aryl methyl sites for hydroxylation is 1. The molecular formula is C23H16ClF3N2O3S. The summed E-state index contributed by atoms with van der Waals surface area (Å²) >= 11 is 6.00. The maximum absolute atomic E-state index is 13.5. The molecule has 0 aliphatic heterocycles. The van der Waals surface area contributed by atoms with Gasteiger partial charge in [-0.1, -0.05) is 35.9 Å². The van der Waals surface area contributed by atoms with Crippen LogP contribution in [-0.2, 0) is 16.0 Å². The van der Waals surface area contributed by atoms with Gasteiger partial charge in [-0.15, -0.1) is 0 Å². The molecule has 0 amide bonds. The first-order valence-corrected chi connectivity index (χ1v) is 11.8. The third-order valence-corrected chi connectivity index (χ3v) is 6.05. The van der Waals surface area contributed by atoms with Gasteiger partial charge >= 0.3 is 6.18 Å². The van der Waals surface area contributed by atoms with Crippen LogP contribution in [0.4, 0.5) is 13.2 Å². The van der Waals surface area contributed by atoms with Gasteiger partial charge in [-0.25, -0.2) is 13.4 Å². The van der Waals surface area contributed by atoms with Crippen molar-refractivity contribution in [2.75, 3.05) is 6.26 Å². The van der Waals surface area contributed by atoms with Crippen LogP contribution in [0, 0.1) is 6.92 Å². The van der Waals surface area contributed by atoms with Crippen LogP contribution in [0.2, 0.25) is 5.02 Å². The van der Waals surface area contributed by atoms with E-state index in [4.69, 9.17) is 16.3 Å². The lowest BCUT2D eigenvalue weighted by molar-refractivity contribution is -0.136. The van der Waals surface area contributed by atoms with E-state index in [2.05, 4.69) is 9.97 Å². The molecule has 0 fully saturated rings. The largest absolute Gasteiger partial charge is 0.439 e. The summed E-state index contributed by atoms with van der Waals surface area (Å²) in [6.07, 6.45) is -2.14. The fourth-order valence-electron chi connectivity index (χ4n) is 3.46. The number of ether oxygens (including phenoxy) is 1. The van der Waals surface area contributed by atoms with Crippen molar-refractivity contribution in [1.82, 2.24) is 9.97 Å². The lowest BCUT2D eigenvalue weighted by Gasteiger charge is -2.15. The van der Waals surface area contributed by atoms with Crippen LogP contribution in [0.25, 0.3) is 22.0 Å². The first-order valence-electron chi connectivity index (χ1n) is 9.55. The van der Waals surface area contributed by atoms with Crippen molar-refractivity contribution in [2.24, 2.45) is 0 Å². The molecule has 0 aliphatic rings. The minimum absolute atomic E-state index is 0.0317. The van der Waals surface area contributed by atoms with Crippen molar-refractivity contribution in [3.05, 3.63) is 76.9 Å². The molecule has 0 saturated carbocycles. The Morgan fingerprint density at radius 2 is 1.76 bits per heavy atom. The zero-order valence-electron chi connectivity index (χ0n) is 17.3. The zero-order valence-corrected chi connectivity index (χ0v) is 18.9. The standard InChI is InChI=1S/C23H16ClF3N2O3S/c1-13-12-28-22-17(7-4-8-18(22)23(25,26)27)21(13)14-5-3-6-16(9-14)32-19-10-15(24)11-20(29-19)33(2,30)31/h3-12H,1-2H3. The molecule has 33 heavy (non-hydrogen) atoms. The molecule has 2 heterocycles. The normalized spacial score (nSPS) is 12.2. The molecule has 0 saturated heterocycles. The molecule has 0 aliphatic carbocycles. The number of alkyl halides is 3. The third-order valence-electron chi connectivity index (χ3n) is 4.86. The Morgan fingerprint density at radius 1 is 1.03 bits per heavy atom. The number of rotatable bonds is 4. The highest BCUT2D eigenvalue weighted by Crippen LogP contribution is 2.39. The summed E-state index contributed by atoms with van der Waals surface area (Å²) in [6.45, 7) is 1.76. The fourth-order valence-corrected chi connectivity index (χ4v) is 4.32. The van der Waals surface area contributed by atoms with Crippen LogP contribution in [0.5, 0.6) is 11.6 Å². The van der Waals surface area contributed by atoms with E-state index in [1.807, 2.05) is 0 Å². The molecule has 170 valence electrons. The fraction of sp³-hybridized carbons (Fsp3) is 0.130. The van der Waals surface area contributed by atoms with Crippen molar-refractivity contribution >= 4 is 32.3 Å². The molecule has 0 radical (unpaired) electrons. The minimum atomic E-state index is -4.54. The summed E-state index contributed by atoms with van der Waals surface area (Å²) in [5.74, 6) is 0.272. The van der Waals surface area contributed by atoms with Crippen molar-refractivity contribution < 1.29 is 26.3 Å². The molecule has 0 N–H and O–H groups in total. The van der Waals surface area contributed by atoms with E-state index >= 15 is 0 Å². The van der Waals surface area contributed by atoms with Crippen LogP contribution < -0.4 is 4.74 Å². The average Bonchev–Trinajstić information content (AvgIpc) is 2.71. The van der Waals surface area contributed by atoms with Crippen LogP contribution in [0.3, 0.4) is 0 Å². The number of nitrogens with zero attached hydrogens (tertiary/aromatic N) is 2. The van der Waals surface area contributed by atoms with Gasteiger partial charge in [0.05, 0.1) is 11.1 Å². The second kappa shape index (κ2) is 8.31. The number of aromatic nitrogens is 2. The predicted molar refractivity (Wildman–Crippen MR) is 119 cm³/mol. The average molecular weight is 493 g/mol. The Labute approximate surface area is 192 Å². The number of pyridine rings is 2. The molecule has 0 atom stereocenters. The van der Waals surface area contributed by atoms with Gasteiger partial charge in [-0.2, -0.15) is 13.2 Å². The summed E-state index contributed by atoms with van der Waals surface area (Å²) in [4.78, 5) is 8.01. The highest BCUT2D eigenvalue weighted by atomic mass is 35.5. The molecular weight excluding hydrogens is 477 g/mol. The molecule has 0 bridgehead atoms. The summed E-state index contributed by atoms with van der Waals surface area (Å²) in [7, 11) is -3.61. The molecule has 10 heteroatoms. The highest BCUT2D eigenvalue weighted by molar-refractivity contribution is 7.90. The first-order chi connectivity index (χ1) is 15.4. The molecule has 0 spiro atoms. The summed E-state index contributed by atoms with van der Waals surface area (Å²) in [5.41, 5.74) is 0.894. The van der Waals surface area contributed by atoms with Gasteiger partial charge in [0.25, 0.3) is 0 Å². The van der Waals surface area contributed by atoms with Gasteiger partial charge in [0.2, 0.25) is 5.88 Å². The summed E-state index contributed by atoms with van der Waals surface area (Å²) in [6, 6.07) is 13.2. The van der Waals surface area contributed by atoms with E-state index in [-0.39, 0.29) is 21.4 Å². The number of benzene rings is 2. The van der Waals surface area contributed by atoms with E-state index in [1.54, 1.807) is 37.3 Å². The summed E-state index contributed by atoms with van der Waals surface area (Å²) < 4.78 is 69.8. The molecule has 2 aromatic heterocycles. The lowest BCUT2D eigenvalue weighted by atomic mass is 9.95. The van der Waals surface area contributed by atoms with Crippen molar-refractivity contribution in [2.45, 2.75) is 18.1 Å². The minimum Gasteiger partial charge on any atom is -0.439 e. The van der Waals surface area contributed by atoms with E-state index in [9.17, 15) is 21.6 Å². The molecule has 4 aromatic rings. The maximum Gasteiger partial charge on any atom is 0.418 e. The Morgan fingerprint density at radius 3 is 2.45 bits per heavy atom. The van der Waals surface area contributed by atoms with Crippen molar-refractivity contribution in [1.29, 1.82) is 0 Å². The first kappa shape index (κ1) is 23.0. The van der Waals surface area contributed by atoms with Crippen LogP contribution in [0.1, 0.15) is 11.1 Å². The van der Waals surface area contributed by atoms with Crippen LogP contribution in [0.15, 0.2) is 65.8 Å². The third kappa shape index (κ3) is 4.79. The topological polar surface area (TPSA) is 69.2 Å². The van der Waals surface area contributed by atoms with Gasteiger partial charge in [0.15, 0.2) is 14.9 Å². The van der Waals surface area contributed by atoms with Gasteiger partial charge in [0, 0.05) is 28.9 Å². The van der Waals surface area contributed by atoms with Crippen LogP contribution >= 0.6 is 11.6 Å². The van der Waals surface area contributed by atoms with Crippen LogP contribution in [-0.4, -0.2) is 24.6 Å².